The Morgan fingerprint density at radius 3 is 2.68 bits per heavy atom. The van der Waals surface area contributed by atoms with Crippen molar-refractivity contribution in [2.45, 2.75) is 6.54 Å². The van der Waals surface area contributed by atoms with Gasteiger partial charge in [-0.1, -0.05) is 18.2 Å². The number of carbonyl (C=O) groups excluding carboxylic acids is 1. The van der Waals surface area contributed by atoms with Gasteiger partial charge >= 0.3 is 0 Å². The molecule has 1 amide bonds. The van der Waals surface area contributed by atoms with E-state index in [1.165, 1.54) is 11.0 Å². The van der Waals surface area contributed by atoms with Crippen LogP contribution in [0.4, 0.5) is 4.39 Å². The normalized spacial score (nSPS) is 11.2. The Morgan fingerprint density at radius 2 is 2.05 bits per heavy atom. The number of likely N-dealkylation sites (N-methyl/N-ethyl adjacent to an activating group) is 1. The topological polar surface area (TPSA) is 66.0 Å². The summed E-state index contributed by atoms with van der Waals surface area (Å²) in [5, 5.41) is 5.94. The first-order valence-corrected chi connectivity index (χ1v) is 6.99. The Kier molecular flexibility index (Phi) is 7.91. The van der Waals surface area contributed by atoms with E-state index in [2.05, 4.69) is 15.6 Å². The number of nitrogens with one attached hydrogen (secondary N) is 2. The maximum Gasteiger partial charge on any atom is 0.241 e. The van der Waals surface area contributed by atoms with Crippen LogP contribution in [0.3, 0.4) is 0 Å². The van der Waals surface area contributed by atoms with Crippen molar-refractivity contribution in [3.8, 4) is 0 Å². The first-order valence-electron chi connectivity index (χ1n) is 6.99. The van der Waals surface area contributed by atoms with E-state index in [9.17, 15) is 9.18 Å². The van der Waals surface area contributed by atoms with Crippen molar-refractivity contribution in [1.82, 2.24) is 15.5 Å². The fourth-order valence-corrected chi connectivity index (χ4v) is 1.55. The van der Waals surface area contributed by atoms with Crippen LogP contribution in [0.5, 0.6) is 0 Å². The molecule has 0 heterocycles. The summed E-state index contributed by atoms with van der Waals surface area (Å²) in [6, 6.07) is 6.46. The lowest BCUT2D eigenvalue weighted by atomic mass is 10.2. The molecule has 1 aromatic carbocycles. The molecule has 22 heavy (non-hydrogen) atoms. The Morgan fingerprint density at radius 1 is 1.32 bits per heavy atom. The number of rotatable bonds is 7. The van der Waals surface area contributed by atoms with E-state index in [-0.39, 0.29) is 24.8 Å². The van der Waals surface area contributed by atoms with Gasteiger partial charge in [0.25, 0.3) is 0 Å². The smallest absolute Gasteiger partial charge is 0.241 e. The number of guanidine groups is 1. The van der Waals surface area contributed by atoms with Gasteiger partial charge in [0.15, 0.2) is 5.96 Å². The van der Waals surface area contributed by atoms with Crippen LogP contribution in [-0.4, -0.2) is 57.7 Å². The number of carbonyl (C=O) groups is 1. The van der Waals surface area contributed by atoms with Gasteiger partial charge in [0.2, 0.25) is 5.91 Å². The van der Waals surface area contributed by atoms with Crippen LogP contribution in [-0.2, 0) is 16.1 Å². The van der Waals surface area contributed by atoms with Crippen molar-refractivity contribution in [2.75, 3.05) is 40.9 Å². The first-order chi connectivity index (χ1) is 10.5. The average Bonchev–Trinajstić information content (AvgIpc) is 2.50. The van der Waals surface area contributed by atoms with Crippen molar-refractivity contribution >= 4 is 11.9 Å². The summed E-state index contributed by atoms with van der Waals surface area (Å²) in [5.41, 5.74) is 0.495. The molecule has 0 saturated carbocycles. The fraction of sp³-hybridized carbons (Fsp3) is 0.467. The molecule has 0 unspecified atom stereocenters. The standard InChI is InChI=1S/C15H23FN4O2/c1-20(2)14(21)11-19-15(17-8-9-22-3)18-10-12-6-4-5-7-13(12)16/h4-7H,8-11H2,1-3H3,(H2,17,18,19). The summed E-state index contributed by atoms with van der Waals surface area (Å²) in [6.45, 7) is 1.34. The highest BCUT2D eigenvalue weighted by atomic mass is 19.1. The zero-order valence-electron chi connectivity index (χ0n) is 13.2. The zero-order chi connectivity index (χ0) is 16.4. The first kappa shape index (κ1) is 17.9. The Hall–Kier alpha value is -2.15. The third-order valence-corrected chi connectivity index (χ3v) is 2.87. The van der Waals surface area contributed by atoms with Crippen LogP contribution in [0.15, 0.2) is 29.3 Å². The molecule has 0 spiro atoms. The highest BCUT2D eigenvalue weighted by molar-refractivity contribution is 5.86. The van der Waals surface area contributed by atoms with Crippen LogP contribution in [0.1, 0.15) is 5.56 Å². The molecule has 0 bridgehead atoms. The van der Waals surface area contributed by atoms with Gasteiger partial charge in [0, 0.05) is 33.3 Å². The molecule has 122 valence electrons. The molecule has 0 aliphatic carbocycles. The molecule has 1 aromatic rings. The maximum atomic E-state index is 13.6. The summed E-state index contributed by atoms with van der Waals surface area (Å²) >= 11 is 0. The molecule has 0 aromatic heterocycles. The van der Waals surface area contributed by atoms with E-state index in [4.69, 9.17) is 4.74 Å². The Balaban J connectivity index is 2.65. The average molecular weight is 310 g/mol. The number of ether oxygens (including phenoxy) is 1. The lowest BCUT2D eigenvalue weighted by Crippen LogP contribution is -2.43. The minimum atomic E-state index is -0.299. The summed E-state index contributed by atoms with van der Waals surface area (Å²) < 4.78 is 18.5. The number of aliphatic imine (C=N–C) groups is 1. The van der Waals surface area contributed by atoms with Gasteiger partial charge in [-0.3, -0.25) is 4.79 Å². The number of nitrogens with zero attached hydrogens (tertiary/aromatic N) is 2. The molecule has 0 aliphatic heterocycles. The predicted octanol–water partition coefficient (Wildman–Crippen LogP) is 0.595. The summed E-state index contributed by atoms with van der Waals surface area (Å²) in [5.74, 6) is 0.0643. The van der Waals surface area contributed by atoms with Crippen molar-refractivity contribution < 1.29 is 13.9 Å². The van der Waals surface area contributed by atoms with Crippen molar-refractivity contribution in [2.24, 2.45) is 4.99 Å². The van der Waals surface area contributed by atoms with Crippen LogP contribution < -0.4 is 10.6 Å². The quantitative estimate of drug-likeness (QED) is 0.440. The molecule has 2 N–H and O–H groups in total. The number of halogens is 1. The van der Waals surface area contributed by atoms with Crippen LogP contribution >= 0.6 is 0 Å². The van der Waals surface area contributed by atoms with Crippen LogP contribution in [0, 0.1) is 5.82 Å². The molecule has 7 heteroatoms. The van der Waals surface area contributed by atoms with E-state index >= 15 is 0 Å². The predicted molar refractivity (Wildman–Crippen MR) is 84.1 cm³/mol. The number of hydrogen-bond acceptors (Lipinski definition) is 3. The minimum absolute atomic E-state index is 0.0767. The second kappa shape index (κ2) is 9.73. The molecular formula is C15H23FN4O2. The molecule has 0 saturated heterocycles. The SMILES string of the molecule is COCCNC(=NCc1ccccc1F)NCC(=O)N(C)C. The van der Waals surface area contributed by atoms with Crippen molar-refractivity contribution in [1.29, 1.82) is 0 Å². The van der Waals surface area contributed by atoms with Crippen LogP contribution in [0.2, 0.25) is 0 Å². The molecule has 1 rings (SSSR count). The monoisotopic (exact) mass is 310 g/mol. The minimum Gasteiger partial charge on any atom is -0.383 e. The third-order valence-electron chi connectivity index (χ3n) is 2.87. The number of hydrogen-bond donors (Lipinski definition) is 2. The van der Waals surface area contributed by atoms with Gasteiger partial charge in [-0.15, -0.1) is 0 Å². The van der Waals surface area contributed by atoms with Gasteiger partial charge < -0.3 is 20.3 Å². The molecular weight excluding hydrogens is 287 g/mol. The van der Waals surface area contributed by atoms with E-state index in [0.29, 0.717) is 24.7 Å². The number of methoxy groups -OCH3 is 1. The number of amides is 1. The van der Waals surface area contributed by atoms with E-state index in [0.717, 1.165) is 0 Å². The van der Waals surface area contributed by atoms with E-state index in [1.54, 1.807) is 39.4 Å². The largest absolute Gasteiger partial charge is 0.383 e. The molecule has 0 radical (unpaired) electrons. The zero-order valence-corrected chi connectivity index (χ0v) is 13.2. The van der Waals surface area contributed by atoms with Gasteiger partial charge in [0.05, 0.1) is 19.7 Å². The lowest BCUT2D eigenvalue weighted by molar-refractivity contribution is -0.127. The molecule has 6 nitrogen and oxygen atoms in total. The maximum absolute atomic E-state index is 13.6. The second-order valence-electron chi connectivity index (χ2n) is 4.82. The van der Waals surface area contributed by atoms with Crippen molar-refractivity contribution in [3.63, 3.8) is 0 Å². The molecule has 0 aliphatic rings. The highest BCUT2D eigenvalue weighted by Gasteiger charge is 2.06. The molecule has 0 atom stereocenters. The summed E-state index contributed by atoms with van der Waals surface area (Å²) in [7, 11) is 4.96. The number of benzene rings is 1. The van der Waals surface area contributed by atoms with E-state index in [1.807, 2.05) is 0 Å². The second-order valence-corrected chi connectivity index (χ2v) is 4.82. The highest BCUT2D eigenvalue weighted by Crippen LogP contribution is 2.07. The fourth-order valence-electron chi connectivity index (χ4n) is 1.55. The summed E-state index contributed by atoms with van der Waals surface area (Å²) in [6.07, 6.45) is 0. The third kappa shape index (κ3) is 6.53. The van der Waals surface area contributed by atoms with Crippen molar-refractivity contribution in [3.05, 3.63) is 35.6 Å². The van der Waals surface area contributed by atoms with Gasteiger partial charge in [-0.05, 0) is 6.07 Å². The van der Waals surface area contributed by atoms with Gasteiger partial charge in [-0.2, -0.15) is 0 Å². The molecule has 0 fully saturated rings. The Bertz CT molecular complexity index is 506. The van der Waals surface area contributed by atoms with Gasteiger partial charge in [0.1, 0.15) is 5.82 Å². The van der Waals surface area contributed by atoms with E-state index < -0.39 is 0 Å². The van der Waals surface area contributed by atoms with Gasteiger partial charge in [-0.25, -0.2) is 9.38 Å². The summed E-state index contributed by atoms with van der Waals surface area (Å²) in [4.78, 5) is 17.4. The Labute approximate surface area is 130 Å². The lowest BCUT2D eigenvalue weighted by Gasteiger charge is -2.14. The van der Waals surface area contributed by atoms with Crippen LogP contribution in [0.25, 0.3) is 0 Å².